The number of nitrogens with one attached hydrogen (secondary N) is 1. The van der Waals surface area contributed by atoms with Crippen LogP contribution in [0.25, 0.3) is 10.6 Å². The lowest BCUT2D eigenvalue weighted by molar-refractivity contribution is 0.0948. The van der Waals surface area contributed by atoms with Crippen LogP contribution in [-0.2, 0) is 16.4 Å². The van der Waals surface area contributed by atoms with E-state index in [9.17, 15) is 13.2 Å². The van der Waals surface area contributed by atoms with Crippen molar-refractivity contribution in [1.29, 1.82) is 0 Å². The number of carbonyl (C=O) groups is 1. The summed E-state index contributed by atoms with van der Waals surface area (Å²) in [7, 11) is -3.45. The van der Waals surface area contributed by atoms with E-state index in [1.165, 1.54) is 12.1 Å². The van der Waals surface area contributed by atoms with Gasteiger partial charge in [0.2, 0.25) is 0 Å². The molecule has 1 N–H and O–H groups in total. The van der Waals surface area contributed by atoms with Crippen LogP contribution in [0, 0.1) is 6.92 Å². The molecule has 3 aromatic rings. The van der Waals surface area contributed by atoms with E-state index in [1.807, 2.05) is 24.4 Å². The third-order valence-corrected chi connectivity index (χ3v) is 7.47. The normalized spacial score (nSPS) is 11.5. The fraction of sp³-hybridized carbons (Fsp3) is 0.222. The van der Waals surface area contributed by atoms with Gasteiger partial charge in [0.25, 0.3) is 5.91 Å². The van der Waals surface area contributed by atoms with Gasteiger partial charge in [-0.2, -0.15) is 0 Å². The number of sulfone groups is 1. The minimum absolute atomic E-state index is 0.0430. The summed E-state index contributed by atoms with van der Waals surface area (Å²) in [6.07, 6.45) is 0. The van der Waals surface area contributed by atoms with Crippen LogP contribution in [0.15, 0.2) is 46.7 Å². The summed E-state index contributed by atoms with van der Waals surface area (Å²) in [6.45, 7) is 3.87. The smallest absolute Gasteiger partial charge is 0.252 e. The van der Waals surface area contributed by atoms with Gasteiger partial charge in [0, 0.05) is 10.3 Å². The fourth-order valence-corrected chi connectivity index (χ4v) is 5.12. The van der Waals surface area contributed by atoms with Crippen LogP contribution in [0.5, 0.6) is 0 Å². The highest BCUT2D eigenvalue weighted by Crippen LogP contribution is 2.29. The van der Waals surface area contributed by atoms with E-state index in [0.717, 1.165) is 20.5 Å². The number of hydrogen-bond donors (Lipinski definition) is 1. The van der Waals surface area contributed by atoms with Gasteiger partial charge in [0.05, 0.1) is 38.3 Å². The molecule has 8 heteroatoms. The molecule has 0 saturated carbocycles. The molecule has 0 spiro atoms. The van der Waals surface area contributed by atoms with Gasteiger partial charge in [0.1, 0.15) is 0 Å². The number of aryl methyl sites for hydroxylation is 1. The third-order valence-electron chi connectivity index (χ3n) is 3.80. The third kappa shape index (κ3) is 4.03. The van der Waals surface area contributed by atoms with E-state index in [-0.39, 0.29) is 16.2 Å². The molecule has 0 fully saturated rings. The maximum Gasteiger partial charge on any atom is 0.252 e. The number of amides is 1. The van der Waals surface area contributed by atoms with Gasteiger partial charge in [-0.1, -0.05) is 19.1 Å². The maximum absolute atomic E-state index is 12.5. The SMILES string of the molecule is CCS(=O)(=O)c1ccccc1C(=O)NCc1ccc(-c2csc(C)n2)s1. The Balaban J connectivity index is 1.73. The van der Waals surface area contributed by atoms with Gasteiger partial charge in [-0.3, -0.25) is 4.79 Å². The lowest BCUT2D eigenvalue weighted by Gasteiger charge is -2.09. The van der Waals surface area contributed by atoms with E-state index in [4.69, 9.17) is 0 Å². The molecule has 1 amide bonds. The number of carbonyl (C=O) groups excluding carboxylic acids is 1. The zero-order valence-corrected chi connectivity index (χ0v) is 16.8. The quantitative estimate of drug-likeness (QED) is 0.673. The molecule has 0 aliphatic rings. The highest BCUT2D eigenvalue weighted by molar-refractivity contribution is 7.91. The van der Waals surface area contributed by atoms with Gasteiger partial charge in [-0.05, 0) is 31.2 Å². The first kappa shape index (κ1) is 18.8. The summed E-state index contributed by atoms with van der Waals surface area (Å²) in [4.78, 5) is 19.1. The number of nitrogens with zero attached hydrogens (tertiary/aromatic N) is 1. The Hall–Kier alpha value is -2.03. The van der Waals surface area contributed by atoms with E-state index in [2.05, 4.69) is 10.3 Å². The maximum atomic E-state index is 12.5. The standard InChI is InChI=1S/C18H18N2O3S3/c1-3-26(22,23)17-7-5-4-6-14(17)18(21)19-10-13-8-9-16(25-13)15-11-24-12(2)20-15/h4-9,11H,3,10H2,1-2H3,(H,19,21). The topological polar surface area (TPSA) is 76.1 Å². The van der Waals surface area contributed by atoms with Crippen molar-refractivity contribution < 1.29 is 13.2 Å². The molecular formula is C18H18N2O3S3. The van der Waals surface area contributed by atoms with Crippen molar-refractivity contribution in [3.63, 3.8) is 0 Å². The molecule has 5 nitrogen and oxygen atoms in total. The molecule has 2 aromatic heterocycles. The molecule has 3 rings (SSSR count). The summed E-state index contributed by atoms with van der Waals surface area (Å²) in [5.41, 5.74) is 1.12. The highest BCUT2D eigenvalue weighted by atomic mass is 32.2. The van der Waals surface area contributed by atoms with Gasteiger partial charge < -0.3 is 5.32 Å². The Morgan fingerprint density at radius 1 is 1.19 bits per heavy atom. The molecule has 0 saturated heterocycles. The Morgan fingerprint density at radius 2 is 1.96 bits per heavy atom. The van der Waals surface area contributed by atoms with Crippen molar-refractivity contribution in [3.8, 4) is 10.6 Å². The predicted molar refractivity (Wildman–Crippen MR) is 106 cm³/mol. The minimum Gasteiger partial charge on any atom is -0.347 e. The number of rotatable bonds is 6. The van der Waals surface area contributed by atoms with Crippen molar-refractivity contribution in [3.05, 3.63) is 57.2 Å². The summed E-state index contributed by atoms with van der Waals surface area (Å²) in [5, 5.41) is 5.83. The zero-order valence-electron chi connectivity index (χ0n) is 14.4. The lowest BCUT2D eigenvalue weighted by Crippen LogP contribution is -2.24. The van der Waals surface area contributed by atoms with Gasteiger partial charge in [-0.25, -0.2) is 13.4 Å². The molecule has 0 unspecified atom stereocenters. The fourth-order valence-electron chi connectivity index (χ4n) is 2.43. The summed E-state index contributed by atoms with van der Waals surface area (Å²) in [5.74, 6) is -0.435. The van der Waals surface area contributed by atoms with Crippen LogP contribution >= 0.6 is 22.7 Å². The number of thiophene rings is 1. The molecule has 0 atom stereocenters. The van der Waals surface area contributed by atoms with E-state index in [1.54, 1.807) is 41.7 Å². The first-order valence-corrected chi connectivity index (χ1v) is 11.4. The molecule has 0 aliphatic carbocycles. The van der Waals surface area contributed by atoms with Crippen molar-refractivity contribution >= 4 is 38.4 Å². The van der Waals surface area contributed by atoms with Gasteiger partial charge >= 0.3 is 0 Å². The largest absolute Gasteiger partial charge is 0.347 e. The molecule has 0 radical (unpaired) electrons. The molecule has 0 bridgehead atoms. The van der Waals surface area contributed by atoms with E-state index >= 15 is 0 Å². The second-order valence-electron chi connectivity index (χ2n) is 5.60. The molecule has 26 heavy (non-hydrogen) atoms. The summed E-state index contributed by atoms with van der Waals surface area (Å²) < 4.78 is 24.4. The van der Waals surface area contributed by atoms with Gasteiger partial charge in [0.15, 0.2) is 9.84 Å². The van der Waals surface area contributed by atoms with Crippen molar-refractivity contribution in [2.75, 3.05) is 5.75 Å². The minimum atomic E-state index is -3.45. The molecule has 2 heterocycles. The van der Waals surface area contributed by atoms with Crippen LogP contribution in [0.2, 0.25) is 0 Å². The van der Waals surface area contributed by atoms with Crippen molar-refractivity contribution in [2.24, 2.45) is 0 Å². The zero-order chi connectivity index (χ0) is 18.7. The van der Waals surface area contributed by atoms with Crippen LogP contribution in [0.3, 0.4) is 0 Å². The molecule has 136 valence electrons. The summed E-state index contributed by atoms with van der Waals surface area (Å²) in [6, 6.07) is 10.2. The Morgan fingerprint density at radius 3 is 2.65 bits per heavy atom. The Bertz CT molecular complexity index is 1040. The molecule has 1 aromatic carbocycles. The lowest BCUT2D eigenvalue weighted by atomic mass is 10.2. The van der Waals surface area contributed by atoms with Gasteiger partial charge in [-0.15, -0.1) is 22.7 Å². The second kappa shape index (κ2) is 7.69. The second-order valence-corrected chi connectivity index (χ2v) is 10.1. The molecular weight excluding hydrogens is 388 g/mol. The highest BCUT2D eigenvalue weighted by Gasteiger charge is 2.20. The van der Waals surface area contributed by atoms with E-state index < -0.39 is 15.7 Å². The average molecular weight is 407 g/mol. The van der Waals surface area contributed by atoms with Crippen LogP contribution in [0.1, 0.15) is 27.2 Å². The van der Waals surface area contributed by atoms with Crippen LogP contribution < -0.4 is 5.32 Å². The Labute approximate surface area is 160 Å². The Kier molecular flexibility index (Phi) is 5.55. The van der Waals surface area contributed by atoms with Crippen LogP contribution in [0.4, 0.5) is 0 Å². The number of aromatic nitrogens is 1. The predicted octanol–water partition coefficient (Wildman–Crippen LogP) is 3.90. The number of hydrogen-bond acceptors (Lipinski definition) is 6. The van der Waals surface area contributed by atoms with Crippen molar-refractivity contribution in [2.45, 2.75) is 25.3 Å². The average Bonchev–Trinajstić information content (AvgIpc) is 3.28. The van der Waals surface area contributed by atoms with E-state index in [0.29, 0.717) is 6.54 Å². The van der Waals surface area contributed by atoms with Crippen LogP contribution in [-0.4, -0.2) is 25.1 Å². The van der Waals surface area contributed by atoms with Crippen molar-refractivity contribution in [1.82, 2.24) is 10.3 Å². The number of benzene rings is 1. The summed E-state index contributed by atoms with van der Waals surface area (Å²) >= 11 is 3.16. The first-order valence-electron chi connectivity index (χ1n) is 8.02. The first-order chi connectivity index (χ1) is 12.4. The monoisotopic (exact) mass is 406 g/mol. The number of thiazole rings is 1. The molecule has 0 aliphatic heterocycles.